The number of halogens is 1. The summed E-state index contributed by atoms with van der Waals surface area (Å²) in [6, 6.07) is 20.8. The minimum atomic E-state index is 0.765. The molecule has 2 aromatic carbocycles. The summed E-state index contributed by atoms with van der Waals surface area (Å²) in [5.74, 6) is 0. The van der Waals surface area contributed by atoms with E-state index in [1.165, 1.54) is 40.7 Å². The first-order valence-corrected chi connectivity index (χ1v) is 10.3. The van der Waals surface area contributed by atoms with E-state index in [1.54, 1.807) is 0 Å². The number of pyridine rings is 1. The highest BCUT2D eigenvalue weighted by Gasteiger charge is 2.24. The zero-order valence-electron chi connectivity index (χ0n) is 14.3. The van der Waals surface area contributed by atoms with Gasteiger partial charge >= 0.3 is 0 Å². The van der Waals surface area contributed by atoms with E-state index in [-0.39, 0.29) is 0 Å². The van der Waals surface area contributed by atoms with Gasteiger partial charge < -0.3 is 0 Å². The Labute approximate surface area is 162 Å². The van der Waals surface area contributed by atoms with E-state index in [0.29, 0.717) is 0 Å². The van der Waals surface area contributed by atoms with Crippen molar-refractivity contribution in [1.29, 1.82) is 0 Å². The first-order valence-electron chi connectivity index (χ1n) is 9.07. The van der Waals surface area contributed by atoms with E-state index < -0.39 is 0 Å². The Kier molecular flexibility index (Phi) is 4.03. The van der Waals surface area contributed by atoms with Gasteiger partial charge in [-0.3, -0.25) is 0 Å². The summed E-state index contributed by atoms with van der Waals surface area (Å²) in [4.78, 5) is 7.64. The largest absolute Gasteiger partial charge is 0.235 e. The van der Waals surface area contributed by atoms with Crippen LogP contribution >= 0.6 is 22.9 Å². The van der Waals surface area contributed by atoms with Crippen LogP contribution in [0.15, 0.2) is 60.7 Å². The fourth-order valence-electron chi connectivity index (χ4n) is 3.93. The van der Waals surface area contributed by atoms with Crippen LogP contribution in [0.2, 0.25) is 5.02 Å². The van der Waals surface area contributed by atoms with Crippen molar-refractivity contribution in [2.24, 2.45) is 0 Å². The highest BCUT2D eigenvalue weighted by atomic mass is 35.5. The van der Waals surface area contributed by atoms with Gasteiger partial charge in [0.1, 0.15) is 4.83 Å². The summed E-state index contributed by atoms with van der Waals surface area (Å²) in [5.41, 5.74) is 5.76. The van der Waals surface area contributed by atoms with Crippen LogP contribution in [0.1, 0.15) is 23.3 Å². The molecule has 2 heterocycles. The van der Waals surface area contributed by atoms with Gasteiger partial charge in [0.15, 0.2) is 0 Å². The molecule has 0 spiro atoms. The van der Waals surface area contributed by atoms with Gasteiger partial charge in [-0.1, -0.05) is 72.3 Å². The third kappa shape index (κ3) is 2.56. The molecule has 128 valence electrons. The van der Waals surface area contributed by atoms with E-state index in [2.05, 4.69) is 42.5 Å². The minimum Gasteiger partial charge on any atom is -0.235 e. The first-order chi connectivity index (χ1) is 12.8. The fourth-order valence-corrected chi connectivity index (χ4v) is 5.56. The summed E-state index contributed by atoms with van der Waals surface area (Å²) >= 11 is 8.85. The van der Waals surface area contributed by atoms with Crippen LogP contribution in [0.3, 0.4) is 0 Å². The molecule has 2 aromatic heterocycles. The van der Waals surface area contributed by atoms with Gasteiger partial charge in [0, 0.05) is 21.4 Å². The predicted molar refractivity (Wildman–Crippen MR) is 112 cm³/mol. The number of thiophene rings is 1. The molecule has 26 heavy (non-hydrogen) atoms. The summed E-state index contributed by atoms with van der Waals surface area (Å²) in [7, 11) is 0. The average molecular weight is 376 g/mol. The number of fused-ring (bicyclic) bond motifs is 3. The second-order valence-electron chi connectivity index (χ2n) is 6.77. The van der Waals surface area contributed by atoms with Crippen molar-refractivity contribution in [2.45, 2.75) is 25.7 Å². The Morgan fingerprint density at radius 3 is 2.19 bits per heavy atom. The second kappa shape index (κ2) is 6.53. The van der Waals surface area contributed by atoms with E-state index in [9.17, 15) is 0 Å². The third-order valence-electron chi connectivity index (χ3n) is 5.15. The molecule has 1 aliphatic carbocycles. The molecular formula is C23H18ClNS. The summed E-state index contributed by atoms with van der Waals surface area (Å²) in [6.45, 7) is 0. The van der Waals surface area contributed by atoms with Crippen molar-refractivity contribution < 1.29 is 0 Å². The molecule has 0 unspecified atom stereocenters. The monoisotopic (exact) mass is 375 g/mol. The molecule has 1 nitrogen and oxygen atoms in total. The van der Waals surface area contributed by atoms with Gasteiger partial charge in [0.25, 0.3) is 0 Å². The maximum absolute atomic E-state index is 7.00. The van der Waals surface area contributed by atoms with Gasteiger partial charge in [-0.25, -0.2) is 4.98 Å². The van der Waals surface area contributed by atoms with E-state index in [4.69, 9.17) is 16.6 Å². The number of benzene rings is 2. The van der Waals surface area contributed by atoms with Crippen LogP contribution in [0.4, 0.5) is 0 Å². The van der Waals surface area contributed by atoms with Crippen LogP contribution in [-0.4, -0.2) is 4.98 Å². The molecule has 0 radical (unpaired) electrons. The van der Waals surface area contributed by atoms with Crippen molar-refractivity contribution >= 4 is 33.2 Å². The average Bonchev–Trinajstić information content (AvgIpc) is 3.07. The SMILES string of the molecule is Clc1c(-c2ccccc2)nc2sc3c(c2c1-c1ccccc1)CCCC3. The highest BCUT2D eigenvalue weighted by Crippen LogP contribution is 2.46. The molecule has 0 N–H and O–H groups in total. The molecular weight excluding hydrogens is 358 g/mol. The third-order valence-corrected chi connectivity index (χ3v) is 6.71. The first kappa shape index (κ1) is 16.0. The van der Waals surface area contributed by atoms with Gasteiger partial charge in [0.05, 0.1) is 10.7 Å². The van der Waals surface area contributed by atoms with Crippen molar-refractivity contribution in [1.82, 2.24) is 4.98 Å². The Morgan fingerprint density at radius 1 is 0.808 bits per heavy atom. The standard InChI is InChI=1S/C23H18ClNS/c24-21-19(15-9-3-1-4-10-15)20-17-13-7-8-14-18(17)26-23(20)25-22(21)16-11-5-2-6-12-16/h1-6,9-12H,7-8,13-14H2. The zero-order chi connectivity index (χ0) is 17.5. The summed E-state index contributed by atoms with van der Waals surface area (Å²) in [5, 5.41) is 2.04. The van der Waals surface area contributed by atoms with Crippen LogP contribution in [0.25, 0.3) is 32.6 Å². The van der Waals surface area contributed by atoms with Crippen LogP contribution < -0.4 is 0 Å². The normalized spacial score (nSPS) is 13.7. The molecule has 1 aliphatic rings. The van der Waals surface area contributed by atoms with Gasteiger partial charge in [-0.05, 0) is 36.8 Å². The lowest BCUT2D eigenvalue weighted by Gasteiger charge is -2.15. The Balaban J connectivity index is 1.89. The molecule has 0 aliphatic heterocycles. The molecule has 0 saturated carbocycles. The second-order valence-corrected chi connectivity index (χ2v) is 8.23. The lowest BCUT2D eigenvalue weighted by molar-refractivity contribution is 0.700. The van der Waals surface area contributed by atoms with E-state index in [1.807, 2.05) is 29.5 Å². The number of hydrogen-bond acceptors (Lipinski definition) is 2. The molecule has 0 atom stereocenters. The maximum atomic E-state index is 7.00. The van der Waals surface area contributed by atoms with Gasteiger partial charge in [-0.15, -0.1) is 11.3 Å². The molecule has 0 saturated heterocycles. The van der Waals surface area contributed by atoms with E-state index in [0.717, 1.165) is 33.1 Å². The zero-order valence-corrected chi connectivity index (χ0v) is 15.9. The molecule has 4 aromatic rings. The number of rotatable bonds is 2. The fraction of sp³-hybridized carbons (Fsp3) is 0.174. The summed E-state index contributed by atoms with van der Waals surface area (Å²) < 4.78 is 0. The van der Waals surface area contributed by atoms with Crippen molar-refractivity contribution in [3.8, 4) is 22.4 Å². The predicted octanol–water partition coefficient (Wildman–Crippen LogP) is 7.16. The lowest BCUT2D eigenvalue weighted by Crippen LogP contribution is -1.99. The number of hydrogen-bond donors (Lipinski definition) is 0. The lowest BCUT2D eigenvalue weighted by atomic mass is 9.92. The molecule has 3 heteroatoms. The number of aromatic nitrogens is 1. The van der Waals surface area contributed by atoms with Crippen molar-refractivity contribution in [3.05, 3.63) is 76.1 Å². The number of nitrogens with zero attached hydrogens (tertiary/aromatic N) is 1. The van der Waals surface area contributed by atoms with Crippen molar-refractivity contribution in [2.75, 3.05) is 0 Å². The maximum Gasteiger partial charge on any atom is 0.125 e. The van der Waals surface area contributed by atoms with Crippen molar-refractivity contribution in [3.63, 3.8) is 0 Å². The van der Waals surface area contributed by atoms with Crippen LogP contribution in [0, 0.1) is 0 Å². The number of aryl methyl sites for hydroxylation is 2. The Hall–Kier alpha value is -2.16. The Bertz CT molecular complexity index is 1080. The van der Waals surface area contributed by atoms with Crippen LogP contribution in [0.5, 0.6) is 0 Å². The van der Waals surface area contributed by atoms with E-state index >= 15 is 0 Å². The van der Waals surface area contributed by atoms with Gasteiger partial charge in [-0.2, -0.15) is 0 Å². The van der Waals surface area contributed by atoms with Gasteiger partial charge in [0.2, 0.25) is 0 Å². The summed E-state index contributed by atoms with van der Waals surface area (Å²) in [6.07, 6.45) is 4.84. The highest BCUT2D eigenvalue weighted by molar-refractivity contribution is 7.19. The molecule has 0 bridgehead atoms. The topological polar surface area (TPSA) is 12.9 Å². The van der Waals surface area contributed by atoms with Crippen LogP contribution in [-0.2, 0) is 12.8 Å². The Morgan fingerprint density at radius 2 is 1.46 bits per heavy atom. The molecule has 0 amide bonds. The smallest absolute Gasteiger partial charge is 0.125 e. The quantitative estimate of drug-likeness (QED) is 0.362. The molecule has 5 rings (SSSR count). The molecule has 0 fully saturated rings. The minimum absolute atomic E-state index is 0.765.